The molecular formula is C7H14O. The van der Waals surface area contributed by atoms with Crippen LogP contribution in [0.5, 0.6) is 0 Å². The van der Waals surface area contributed by atoms with Crippen molar-refractivity contribution >= 4 is 0 Å². The average Bonchev–Trinajstić information content (AvgIpc) is 1.55. The molecule has 8 heavy (non-hydrogen) atoms. The average molecular weight is 114 g/mol. The Morgan fingerprint density at radius 2 is 2.25 bits per heavy atom. The van der Waals surface area contributed by atoms with Gasteiger partial charge in [-0.05, 0) is 18.8 Å². The van der Waals surface area contributed by atoms with Crippen LogP contribution in [0.15, 0.2) is 0 Å². The van der Waals surface area contributed by atoms with Crippen molar-refractivity contribution in [3.05, 3.63) is 0 Å². The molecule has 1 nitrogen and oxygen atoms in total. The molecule has 1 heterocycles. The molecule has 0 aromatic heterocycles. The zero-order chi connectivity index (χ0) is 5.98. The van der Waals surface area contributed by atoms with Gasteiger partial charge in [0, 0.05) is 6.61 Å². The summed E-state index contributed by atoms with van der Waals surface area (Å²) in [6.45, 7) is 5.47. The van der Waals surface area contributed by atoms with Gasteiger partial charge in [-0.2, -0.15) is 0 Å². The standard InChI is InChI=1S/C7H14O/c1-6(2)5-7-3-4-8-7/h6-7H,3-5H2,1-2H3/t7-/m1/s1. The van der Waals surface area contributed by atoms with E-state index in [0.29, 0.717) is 6.10 Å². The van der Waals surface area contributed by atoms with E-state index in [9.17, 15) is 0 Å². The largest absolute Gasteiger partial charge is 0.378 e. The van der Waals surface area contributed by atoms with Crippen LogP contribution in [0.2, 0.25) is 0 Å². The van der Waals surface area contributed by atoms with Gasteiger partial charge in [0.2, 0.25) is 0 Å². The molecule has 0 N–H and O–H groups in total. The lowest BCUT2D eigenvalue weighted by molar-refractivity contribution is -0.0605. The Morgan fingerprint density at radius 3 is 2.38 bits per heavy atom. The second kappa shape index (κ2) is 2.49. The van der Waals surface area contributed by atoms with Crippen LogP contribution in [0, 0.1) is 5.92 Å². The number of ether oxygens (including phenoxy) is 1. The summed E-state index contributed by atoms with van der Waals surface area (Å²) < 4.78 is 5.24. The highest BCUT2D eigenvalue weighted by Gasteiger charge is 2.18. The fourth-order valence-corrected chi connectivity index (χ4v) is 0.996. The molecule has 0 spiro atoms. The lowest BCUT2D eigenvalue weighted by Gasteiger charge is -2.27. The van der Waals surface area contributed by atoms with E-state index in [2.05, 4.69) is 13.8 Å². The first kappa shape index (κ1) is 6.09. The highest BCUT2D eigenvalue weighted by atomic mass is 16.5. The maximum absolute atomic E-state index is 5.24. The van der Waals surface area contributed by atoms with Gasteiger partial charge in [0.05, 0.1) is 6.10 Å². The van der Waals surface area contributed by atoms with E-state index in [1.165, 1.54) is 12.8 Å². The Hall–Kier alpha value is -0.0400. The Bertz CT molecular complexity index is 64.8. The molecule has 0 aromatic rings. The summed E-state index contributed by atoms with van der Waals surface area (Å²) >= 11 is 0. The van der Waals surface area contributed by atoms with Gasteiger partial charge < -0.3 is 4.74 Å². The molecule has 0 amide bonds. The smallest absolute Gasteiger partial charge is 0.0599 e. The van der Waals surface area contributed by atoms with E-state index in [1.807, 2.05) is 0 Å². The van der Waals surface area contributed by atoms with Crippen LogP contribution in [-0.4, -0.2) is 12.7 Å². The fraction of sp³-hybridized carbons (Fsp3) is 1.00. The maximum Gasteiger partial charge on any atom is 0.0599 e. The Morgan fingerprint density at radius 1 is 1.62 bits per heavy atom. The minimum atomic E-state index is 0.606. The van der Waals surface area contributed by atoms with E-state index in [1.54, 1.807) is 0 Å². The third kappa shape index (κ3) is 1.48. The van der Waals surface area contributed by atoms with Gasteiger partial charge in [-0.25, -0.2) is 0 Å². The molecule has 0 aliphatic carbocycles. The maximum atomic E-state index is 5.24. The quantitative estimate of drug-likeness (QED) is 0.532. The highest BCUT2D eigenvalue weighted by molar-refractivity contribution is 4.67. The van der Waals surface area contributed by atoms with Crippen LogP contribution in [0.25, 0.3) is 0 Å². The topological polar surface area (TPSA) is 9.23 Å². The Labute approximate surface area is 51.0 Å². The van der Waals surface area contributed by atoms with Crippen molar-refractivity contribution in [1.82, 2.24) is 0 Å². The van der Waals surface area contributed by atoms with E-state index in [4.69, 9.17) is 4.74 Å². The second-order valence-corrected chi connectivity index (χ2v) is 2.91. The molecular weight excluding hydrogens is 100 g/mol. The minimum Gasteiger partial charge on any atom is -0.378 e. The van der Waals surface area contributed by atoms with Crippen molar-refractivity contribution < 1.29 is 4.74 Å². The summed E-state index contributed by atoms with van der Waals surface area (Å²) in [6.07, 6.45) is 3.15. The molecule has 1 aliphatic heterocycles. The molecule has 0 aromatic carbocycles. The van der Waals surface area contributed by atoms with Crippen molar-refractivity contribution in [2.24, 2.45) is 5.92 Å². The third-order valence-electron chi connectivity index (χ3n) is 1.53. The summed E-state index contributed by atoms with van der Waals surface area (Å²) in [4.78, 5) is 0. The first-order valence-electron chi connectivity index (χ1n) is 3.40. The van der Waals surface area contributed by atoms with Crippen molar-refractivity contribution in [2.75, 3.05) is 6.61 Å². The summed E-state index contributed by atoms with van der Waals surface area (Å²) in [5.74, 6) is 0.806. The highest BCUT2D eigenvalue weighted by Crippen LogP contribution is 2.18. The molecule has 1 rings (SSSR count). The monoisotopic (exact) mass is 114 g/mol. The molecule has 1 aliphatic rings. The number of hydrogen-bond acceptors (Lipinski definition) is 1. The summed E-state index contributed by atoms with van der Waals surface area (Å²) in [6, 6.07) is 0. The van der Waals surface area contributed by atoms with Crippen LogP contribution in [-0.2, 0) is 4.74 Å². The van der Waals surface area contributed by atoms with E-state index in [-0.39, 0.29) is 0 Å². The zero-order valence-electron chi connectivity index (χ0n) is 5.68. The van der Waals surface area contributed by atoms with E-state index in [0.717, 1.165) is 12.5 Å². The van der Waals surface area contributed by atoms with Crippen LogP contribution in [0.1, 0.15) is 26.7 Å². The van der Waals surface area contributed by atoms with Crippen LogP contribution < -0.4 is 0 Å². The van der Waals surface area contributed by atoms with Crippen LogP contribution in [0.3, 0.4) is 0 Å². The number of hydrogen-bond donors (Lipinski definition) is 0. The van der Waals surface area contributed by atoms with Gasteiger partial charge in [-0.3, -0.25) is 0 Å². The Balaban J connectivity index is 2.01. The van der Waals surface area contributed by atoms with Crippen molar-refractivity contribution in [3.8, 4) is 0 Å². The molecule has 0 saturated carbocycles. The van der Waals surface area contributed by atoms with Gasteiger partial charge in [-0.1, -0.05) is 13.8 Å². The minimum absolute atomic E-state index is 0.606. The third-order valence-corrected chi connectivity index (χ3v) is 1.53. The van der Waals surface area contributed by atoms with Gasteiger partial charge in [0.1, 0.15) is 0 Å². The molecule has 48 valence electrons. The summed E-state index contributed by atoms with van der Waals surface area (Å²) in [7, 11) is 0. The van der Waals surface area contributed by atoms with Crippen molar-refractivity contribution in [1.29, 1.82) is 0 Å². The van der Waals surface area contributed by atoms with Crippen molar-refractivity contribution in [3.63, 3.8) is 0 Å². The fourth-order valence-electron chi connectivity index (χ4n) is 0.996. The molecule has 0 unspecified atom stereocenters. The first-order valence-corrected chi connectivity index (χ1v) is 3.40. The predicted molar refractivity (Wildman–Crippen MR) is 33.8 cm³/mol. The molecule has 1 heteroatoms. The molecule has 1 saturated heterocycles. The van der Waals surface area contributed by atoms with E-state index < -0.39 is 0 Å². The molecule has 0 bridgehead atoms. The summed E-state index contributed by atoms with van der Waals surface area (Å²) in [5.41, 5.74) is 0. The Kier molecular flexibility index (Phi) is 1.90. The van der Waals surface area contributed by atoms with Crippen LogP contribution >= 0.6 is 0 Å². The second-order valence-electron chi connectivity index (χ2n) is 2.91. The van der Waals surface area contributed by atoms with E-state index >= 15 is 0 Å². The predicted octanol–water partition coefficient (Wildman–Crippen LogP) is 1.82. The molecule has 0 radical (unpaired) electrons. The van der Waals surface area contributed by atoms with Gasteiger partial charge in [-0.15, -0.1) is 0 Å². The van der Waals surface area contributed by atoms with Gasteiger partial charge in [0.25, 0.3) is 0 Å². The zero-order valence-corrected chi connectivity index (χ0v) is 5.68. The van der Waals surface area contributed by atoms with Gasteiger partial charge >= 0.3 is 0 Å². The van der Waals surface area contributed by atoms with Crippen LogP contribution in [0.4, 0.5) is 0 Å². The summed E-state index contributed by atoms with van der Waals surface area (Å²) in [5, 5.41) is 0. The lowest BCUT2D eigenvalue weighted by atomic mass is 10.0. The number of rotatable bonds is 2. The first-order chi connectivity index (χ1) is 3.79. The van der Waals surface area contributed by atoms with Gasteiger partial charge in [0.15, 0.2) is 0 Å². The SMILES string of the molecule is CC(C)C[C@H]1CCO1. The molecule has 1 fully saturated rings. The van der Waals surface area contributed by atoms with Crippen molar-refractivity contribution in [2.45, 2.75) is 32.8 Å². The lowest BCUT2D eigenvalue weighted by Crippen LogP contribution is -2.27. The molecule has 1 atom stereocenters. The normalized spacial score (nSPS) is 28.1.